The fraction of sp³-hybridized carbons (Fsp3) is 0.0833. The zero-order valence-corrected chi connectivity index (χ0v) is 22.0. The van der Waals surface area contributed by atoms with E-state index < -0.39 is 0 Å². The van der Waals surface area contributed by atoms with Crippen LogP contribution >= 0.6 is 0 Å². The number of aromatic nitrogens is 1. The van der Waals surface area contributed by atoms with Crippen LogP contribution in [0.5, 0.6) is 0 Å². The van der Waals surface area contributed by atoms with Gasteiger partial charge >= 0.3 is 0 Å². The second-order valence-corrected chi connectivity index (χ2v) is 10.7. The van der Waals surface area contributed by atoms with Gasteiger partial charge in [0.25, 0.3) is 0 Å². The molecule has 0 atom stereocenters. The summed E-state index contributed by atoms with van der Waals surface area (Å²) in [5, 5.41) is 2.61. The first-order valence-corrected chi connectivity index (χ1v) is 13.3. The molecular weight excluding hydrogens is 476 g/mol. The highest BCUT2D eigenvalue weighted by Crippen LogP contribution is 2.52. The molecular formula is C36H28N2O. The molecule has 0 aliphatic heterocycles. The van der Waals surface area contributed by atoms with E-state index in [4.69, 9.17) is 0 Å². The SMILES string of the molecule is CC1(C)c2cc(N(c3ccccc3)c3ccc(-c4ccc(C=O)[nH]4)cc3)ccc2-c2ccc3ccccc3c21. The van der Waals surface area contributed by atoms with Crippen LogP contribution in [0.4, 0.5) is 17.1 Å². The van der Waals surface area contributed by atoms with Crippen LogP contribution in [0.25, 0.3) is 33.2 Å². The van der Waals surface area contributed by atoms with E-state index in [2.05, 4.69) is 127 Å². The molecule has 0 bridgehead atoms. The van der Waals surface area contributed by atoms with Crippen molar-refractivity contribution < 1.29 is 4.79 Å². The van der Waals surface area contributed by atoms with Gasteiger partial charge in [0.15, 0.2) is 6.29 Å². The van der Waals surface area contributed by atoms with Crippen LogP contribution < -0.4 is 4.90 Å². The third-order valence-corrected chi connectivity index (χ3v) is 8.07. The summed E-state index contributed by atoms with van der Waals surface area (Å²) < 4.78 is 0. The van der Waals surface area contributed by atoms with Crippen molar-refractivity contribution in [3.63, 3.8) is 0 Å². The average Bonchev–Trinajstić information content (AvgIpc) is 3.55. The summed E-state index contributed by atoms with van der Waals surface area (Å²) in [6.45, 7) is 4.69. The molecule has 0 saturated heterocycles. The van der Waals surface area contributed by atoms with Crippen LogP contribution in [-0.2, 0) is 5.41 Å². The molecule has 1 aromatic heterocycles. The summed E-state index contributed by atoms with van der Waals surface area (Å²) in [5.41, 5.74) is 11.1. The Morgan fingerprint density at radius 2 is 1.36 bits per heavy atom. The Bertz CT molecular complexity index is 1850. The molecule has 39 heavy (non-hydrogen) atoms. The largest absolute Gasteiger partial charge is 0.352 e. The Labute approximate surface area is 228 Å². The van der Waals surface area contributed by atoms with E-state index in [1.165, 1.54) is 33.0 Å². The summed E-state index contributed by atoms with van der Waals surface area (Å²) >= 11 is 0. The van der Waals surface area contributed by atoms with E-state index >= 15 is 0 Å². The summed E-state index contributed by atoms with van der Waals surface area (Å²) in [4.78, 5) is 16.6. The zero-order chi connectivity index (χ0) is 26.6. The van der Waals surface area contributed by atoms with E-state index in [0.717, 1.165) is 34.6 Å². The van der Waals surface area contributed by atoms with Gasteiger partial charge in [0.1, 0.15) is 0 Å². The second kappa shape index (κ2) is 8.85. The van der Waals surface area contributed by atoms with Crippen LogP contribution in [0.15, 0.2) is 121 Å². The first-order chi connectivity index (χ1) is 19.0. The van der Waals surface area contributed by atoms with Gasteiger partial charge in [-0.3, -0.25) is 4.79 Å². The molecule has 0 radical (unpaired) electrons. The second-order valence-electron chi connectivity index (χ2n) is 10.7. The van der Waals surface area contributed by atoms with Gasteiger partial charge in [0.2, 0.25) is 0 Å². The van der Waals surface area contributed by atoms with E-state index in [1.807, 2.05) is 12.1 Å². The Balaban J connectivity index is 1.35. The maximum atomic E-state index is 11.1. The number of rotatable bonds is 5. The molecule has 3 nitrogen and oxygen atoms in total. The lowest BCUT2D eigenvalue weighted by Crippen LogP contribution is -2.17. The highest BCUT2D eigenvalue weighted by atomic mass is 16.1. The minimum Gasteiger partial charge on any atom is -0.352 e. The van der Waals surface area contributed by atoms with Gasteiger partial charge < -0.3 is 9.88 Å². The third kappa shape index (κ3) is 3.70. The van der Waals surface area contributed by atoms with E-state index in [-0.39, 0.29) is 5.41 Å². The number of nitrogens with zero attached hydrogens (tertiary/aromatic N) is 1. The van der Waals surface area contributed by atoms with Crippen molar-refractivity contribution in [3.05, 3.63) is 138 Å². The molecule has 5 aromatic carbocycles. The number of para-hydroxylation sites is 1. The maximum Gasteiger partial charge on any atom is 0.166 e. The summed E-state index contributed by atoms with van der Waals surface area (Å²) in [6, 6.07) is 42.9. The number of aromatic amines is 1. The molecule has 0 unspecified atom stereocenters. The molecule has 7 rings (SSSR count). The summed E-state index contributed by atoms with van der Waals surface area (Å²) in [7, 11) is 0. The van der Waals surface area contributed by atoms with Crippen molar-refractivity contribution in [2.24, 2.45) is 0 Å². The molecule has 1 heterocycles. The molecule has 0 spiro atoms. The number of fused-ring (bicyclic) bond motifs is 5. The maximum absolute atomic E-state index is 11.1. The lowest BCUT2D eigenvalue weighted by molar-refractivity contribution is 0.111. The molecule has 0 saturated carbocycles. The van der Waals surface area contributed by atoms with Crippen LogP contribution in [-0.4, -0.2) is 11.3 Å². The number of nitrogens with one attached hydrogen (secondary N) is 1. The molecule has 1 aliphatic rings. The number of benzene rings is 5. The molecule has 188 valence electrons. The van der Waals surface area contributed by atoms with Gasteiger partial charge in [-0.1, -0.05) is 86.6 Å². The predicted octanol–water partition coefficient (Wildman–Crippen LogP) is 9.42. The van der Waals surface area contributed by atoms with Crippen molar-refractivity contribution in [2.45, 2.75) is 19.3 Å². The standard InChI is InChI=1S/C36H28N2O/c1-36(2)33-22-29(18-20-31(33)32-19-14-24-8-6-7-11-30(24)35(32)36)38(27-9-4-3-5-10-27)28-16-12-25(13-17-28)34-21-15-26(23-39)37-34/h3-23,37H,1-2H3. The van der Waals surface area contributed by atoms with Gasteiger partial charge in [-0.05, 0) is 87.1 Å². The smallest absolute Gasteiger partial charge is 0.166 e. The number of H-pyrrole nitrogens is 1. The molecule has 1 aliphatic carbocycles. The highest BCUT2D eigenvalue weighted by molar-refractivity contribution is 5.98. The number of carbonyl (C=O) groups is 1. The third-order valence-electron chi connectivity index (χ3n) is 8.07. The molecule has 6 aromatic rings. The fourth-order valence-electron chi connectivity index (χ4n) is 6.19. The minimum atomic E-state index is -0.127. The first-order valence-electron chi connectivity index (χ1n) is 13.3. The topological polar surface area (TPSA) is 36.1 Å². The molecule has 3 heteroatoms. The van der Waals surface area contributed by atoms with Gasteiger partial charge in [-0.2, -0.15) is 0 Å². The Hall–Kier alpha value is -4.89. The molecule has 0 fully saturated rings. The molecule has 1 N–H and O–H groups in total. The zero-order valence-electron chi connectivity index (χ0n) is 22.0. The lowest BCUT2D eigenvalue weighted by Gasteiger charge is -2.28. The minimum absolute atomic E-state index is 0.127. The summed E-state index contributed by atoms with van der Waals surface area (Å²) in [5.74, 6) is 0. The first kappa shape index (κ1) is 23.2. The predicted molar refractivity (Wildman–Crippen MR) is 161 cm³/mol. The van der Waals surface area contributed by atoms with Gasteiger partial charge in [0.05, 0.1) is 5.69 Å². The van der Waals surface area contributed by atoms with E-state index in [9.17, 15) is 4.79 Å². The Kier molecular flexibility index (Phi) is 5.27. The van der Waals surface area contributed by atoms with Crippen LogP contribution in [0.1, 0.15) is 35.5 Å². The van der Waals surface area contributed by atoms with E-state index in [1.54, 1.807) is 6.07 Å². The Morgan fingerprint density at radius 1 is 0.667 bits per heavy atom. The van der Waals surface area contributed by atoms with Crippen molar-refractivity contribution in [2.75, 3.05) is 4.90 Å². The van der Waals surface area contributed by atoms with Gasteiger partial charge in [0, 0.05) is 28.2 Å². The number of aldehydes is 1. The van der Waals surface area contributed by atoms with Crippen LogP contribution in [0.3, 0.4) is 0 Å². The van der Waals surface area contributed by atoms with Crippen molar-refractivity contribution in [1.29, 1.82) is 0 Å². The normalized spacial score (nSPS) is 13.2. The van der Waals surface area contributed by atoms with Crippen LogP contribution in [0, 0.1) is 0 Å². The van der Waals surface area contributed by atoms with Crippen LogP contribution in [0.2, 0.25) is 0 Å². The monoisotopic (exact) mass is 504 g/mol. The Morgan fingerprint density at radius 3 is 2.13 bits per heavy atom. The van der Waals surface area contributed by atoms with Crippen molar-refractivity contribution >= 4 is 34.1 Å². The van der Waals surface area contributed by atoms with Gasteiger partial charge in [-0.25, -0.2) is 0 Å². The number of anilines is 3. The highest BCUT2D eigenvalue weighted by Gasteiger charge is 2.37. The number of hydrogen-bond acceptors (Lipinski definition) is 2. The van der Waals surface area contributed by atoms with Crippen molar-refractivity contribution in [1.82, 2.24) is 4.98 Å². The van der Waals surface area contributed by atoms with Gasteiger partial charge in [-0.15, -0.1) is 0 Å². The quantitative estimate of drug-likeness (QED) is 0.237. The van der Waals surface area contributed by atoms with E-state index in [0.29, 0.717) is 5.69 Å². The molecule has 0 amide bonds. The summed E-state index contributed by atoms with van der Waals surface area (Å²) in [6.07, 6.45) is 0.839. The number of carbonyl (C=O) groups excluding carboxylic acids is 1. The fourth-order valence-corrected chi connectivity index (χ4v) is 6.19. The van der Waals surface area contributed by atoms with Crippen molar-refractivity contribution in [3.8, 4) is 22.4 Å². The lowest BCUT2D eigenvalue weighted by atomic mass is 9.80. The average molecular weight is 505 g/mol. The number of hydrogen-bond donors (Lipinski definition) is 1.